The Hall–Kier alpha value is -1.56. The Morgan fingerprint density at radius 1 is 1.07 bits per heavy atom. The van der Waals surface area contributed by atoms with Crippen molar-refractivity contribution in [2.24, 2.45) is 0 Å². The van der Waals surface area contributed by atoms with Gasteiger partial charge in [-0.3, -0.25) is 0 Å². The first kappa shape index (κ1) is 10.5. The fraction of sp³-hybridized carbons (Fsp3) is 0.143. The fourth-order valence-corrected chi connectivity index (χ4v) is 1.12. The molecule has 0 bridgehead atoms. The van der Waals surface area contributed by atoms with Crippen molar-refractivity contribution >= 4 is 5.57 Å². The highest BCUT2D eigenvalue weighted by atomic mass is 14.0. The van der Waals surface area contributed by atoms with Gasteiger partial charge in [0.25, 0.3) is 0 Å². The zero-order valence-electron chi connectivity index (χ0n) is 8.88. The third-order valence-corrected chi connectivity index (χ3v) is 2.21. The van der Waals surface area contributed by atoms with E-state index in [1.165, 1.54) is 5.57 Å². The summed E-state index contributed by atoms with van der Waals surface area (Å²) in [5.41, 5.74) is 4.46. The molecule has 0 N–H and O–H groups in total. The summed E-state index contributed by atoms with van der Waals surface area (Å²) in [5.74, 6) is 0. The van der Waals surface area contributed by atoms with Crippen LogP contribution in [0.3, 0.4) is 0 Å². The molecule has 1 aromatic carbocycles. The number of allylic oxidation sites excluding steroid dienone is 4. The van der Waals surface area contributed by atoms with E-state index in [9.17, 15) is 0 Å². The third kappa shape index (κ3) is 2.74. The molecule has 0 unspecified atom stereocenters. The molecule has 0 heterocycles. The van der Waals surface area contributed by atoms with Gasteiger partial charge in [-0.2, -0.15) is 0 Å². The Kier molecular flexibility index (Phi) is 3.47. The standard InChI is InChI=1S/C14H16/c1-11(2)12(3)10-13(4)14-8-6-5-7-9-14/h5-10H,1,4H2,2-3H3/b12-10+. The van der Waals surface area contributed by atoms with Crippen LogP contribution in [0.1, 0.15) is 19.4 Å². The first-order chi connectivity index (χ1) is 6.61. The lowest BCUT2D eigenvalue weighted by Gasteiger charge is -2.03. The van der Waals surface area contributed by atoms with Gasteiger partial charge in [0.15, 0.2) is 0 Å². The predicted octanol–water partition coefficient (Wildman–Crippen LogP) is 4.22. The molecule has 0 aliphatic carbocycles. The van der Waals surface area contributed by atoms with E-state index >= 15 is 0 Å². The first-order valence-corrected chi connectivity index (χ1v) is 4.70. The van der Waals surface area contributed by atoms with Crippen LogP contribution in [-0.2, 0) is 0 Å². The van der Waals surface area contributed by atoms with Crippen LogP contribution in [0.25, 0.3) is 5.57 Å². The van der Waals surface area contributed by atoms with Gasteiger partial charge in [-0.05, 0) is 30.6 Å². The molecule has 0 saturated heterocycles. The summed E-state index contributed by atoms with van der Waals surface area (Å²) in [6.45, 7) is 12.0. The van der Waals surface area contributed by atoms with Crippen LogP contribution in [0, 0.1) is 0 Å². The molecule has 0 atom stereocenters. The first-order valence-electron chi connectivity index (χ1n) is 4.70. The molecule has 0 aromatic heterocycles. The minimum Gasteiger partial charge on any atom is -0.0958 e. The lowest BCUT2D eigenvalue weighted by atomic mass is 10.0. The Labute approximate surface area is 86.3 Å². The molecule has 0 amide bonds. The van der Waals surface area contributed by atoms with Crippen LogP contribution in [0.15, 0.2) is 60.7 Å². The van der Waals surface area contributed by atoms with Gasteiger partial charge in [-0.25, -0.2) is 0 Å². The second-order valence-corrected chi connectivity index (χ2v) is 3.50. The molecule has 0 nitrogen and oxygen atoms in total. The van der Waals surface area contributed by atoms with Crippen molar-refractivity contribution in [3.05, 3.63) is 66.3 Å². The molecule has 0 radical (unpaired) electrons. The van der Waals surface area contributed by atoms with Crippen molar-refractivity contribution in [1.29, 1.82) is 0 Å². The molecule has 0 aliphatic rings. The zero-order valence-corrected chi connectivity index (χ0v) is 8.88. The van der Waals surface area contributed by atoms with Crippen LogP contribution < -0.4 is 0 Å². The maximum Gasteiger partial charge on any atom is -0.0190 e. The van der Waals surface area contributed by atoms with Gasteiger partial charge in [-0.15, -0.1) is 0 Å². The zero-order chi connectivity index (χ0) is 10.6. The molecular formula is C14H16. The monoisotopic (exact) mass is 184 g/mol. The summed E-state index contributed by atoms with van der Waals surface area (Å²) in [4.78, 5) is 0. The summed E-state index contributed by atoms with van der Waals surface area (Å²) in [6, 6.07) is 10.2. The molecule has 0 heteroatoms. The predicted molar refractivity (Wildman–Crippen MR) is 64.0 cm³/mol. The highest BCUT2D eigenvalue weighted by molar-refractivity contribution is 5.73. The highest BCUT2D eigenvalue weighted by Crippen LogP contribution is 2.17. The van der Waals surface area contributed by atoms with E-state index in [1.807, 2.05) is 25.1 Å². The molecule has 0 fully saturated rings. The van der Waals surface area contributed by atoms with Crippen LogP contribution in [0.2, 0.25) is 0 Å². The number of hydrogen-bond acceptors (Lipinski definition) is 0. The van der Waals surface area contributed by atoms with Gasteiger partial charge in [0, 0.05) is 0 Å². The van der Waals surface area contributed by atoms with Crippen molar-refractivity contribution < 1.29 is 0 Å². The van der Waals surface area contributed by atoms with Gasteiger partial charge in [0.05, 0.1) is 0 Å². The van der Waals surface area contributed by atoms with Crippen molar-refractivity contribution in [1.82, 2.24) is 0 Å². The lowest BCUT2D eigenvalue weighted by molar-refractivity contribution is 1.36. The number of hydrogen-bond donors (Lipinski definition) is 0. The number of rotatable bonds is 3. The van der Waals surface area contributed by atoms with E-state index < -0.39 is 0 Å². The van der Waals surface area contributed by atoms with E-state index in [0.29, 0.717) is 0 Å². The van der Waals surface area contributed by atoms with E-state index in [2.05, 4.69) is 38.3 Å². The van der Waals surface area contributed by atoms with E-state index in [0.717, 1.165) is 16.7 Å². The average Bonchev–Trinajstić information content (AvgIpc) is 2.19. The SMILES string of the molecule is C=C(C)/C(C)=C/C(=C)c1ccccc1. The summed E-state index contributed by atoms with van der Waals surface area (Å²) < 4.78 is 0. The van der Waals surface area contributed by atoms with Crippen molar-refractivity contribution in [3.8, 4) is 0 Å². The van der Waals surface area contributed by atoms with Crippen LogP contribution in [0.5, 0.6) is 0 Å². The summed E-state index contributed by atoms with van der Waals surface area (Å²) in [5, 5.41) is 0. The fourth-order valence-electron chi connectivity index (χ4n) is 1.12. The normalized spacial score (nSPS) is 11.1. The lowest BCUT2D eigenvalue weighted by Crippen LogP contribution is -1.81. The summed E-state index contributed by atoms with van der Waals surface area (Å²) in [7, 11) is 0. The molecule has 0 spiro atoms. The van der Waals surface area contributed by atoms with Crippen molar-refractivity contribution in [2.45, 2.75) is 13.8 Å². The molecule has 0 aliphatic heterocycles. The Morgan fingerprint density at radius 2 is 1.64 bits per heavy atom. The van der Waals surface area contributed by atoms with Gasteiger partial charge in [0.2, 0.25) is 0 Å². The molecule has 0 saturated carbocycles. The minimum atomic E-state index is 1.03. The van der Waals surface area contributed by atoms with E-state index in [-0.39, 0.29) is 0 Å². The maximum absolute atomic E-state index is 4.03. The second-order valence-electron chi connectivity index (χ2n) is 3.50. The second kappa shape index (κ2) is 4.61. The third-order valence-electron chi connectivity index (χ3n) is 2.21. The molecule has 1 aromatic rings. The molecular weight excluding hydrogens is 168 g/mol. The van der Waals surface area contributed by atoms with Gasteiger partial charge < -0.3 is 0 Å². The van der Waals surface area contributed by atoms with Gasteiger partial charge in [-0.1, -0.05) is 55.1 Å². The molecule has 72 valence electrons. The Balaban J connectivity index is 2.88. The van der Waals surface area contributed by atoms with Crippen molar-refractivity contribution in [3.63, 3.8) is 0 Å². The van der Waals surface area contributed by atoms with Gasteiger partial charge >= 0.3 is 0 Å². The molecule has 14 heavy (non-hydrogen) atoms. The highest BCUT2D eigenvalue weighted by Gasteiger charge is 1.95. The van der Waals surface area contributed by atoms with Crippen LogP contribution >= 0.6 is 0 Å². The van der Waals surface area contributed by atoms with Gasteiger partial charge in [0.1, 0.15) is 0 Å². The maximum atomic E-state index is 4.03. The molecule has 1 rings (SSSR count). The largest absolute Gasteiger partial charge is 0.0958 e. The summed E-state index contributed by atoms with van der Waals surface area (Å²) >= 11 is 0. The quantitative estimate of drug-likeness (QED) is 0.617. The number of benzene rings is 1. The average molecular weight is 184 g/mol. The van der Waals surface area contributed by atoms with Crippen LogP contribution in [-0.4, -0.2) is 0 Å². The van der Waals surface area contributed by atoms with E-state index in [1.54, 1.807) is 0 Å². The van der Waals surface area contributed by atoms with Crippen molar-refractivity contribution in [2.75, 3.05) is 0 Å². The van der Waals surface area contributed by atoms with Crippen LogP contribution in [0.4, 0.5) is 0 Å². The Bertz CT molecular complexity index is 366. The smallest absolute Gasteiger partial charge is 0.0190 e. The Morgan fingerprint density at radius 3 is 2.14 bits per heavy atom. The minimum absolute atomic E-state index is 1.03. The van der Waals surface area contributed by atoms with E-state index in [4.69, 9.17) is 0 Å². The topological polar surface area (TPSA) is 0 Å². The summed E-state index contributed by atoms with van der Waals surface area (Å²) in [6.07, 6.45) is 2.07.